The van der Waals surface area contributed by atoms with E-state index in [0.29, 0.717) is 0 Å². The molecule has 0 fully saturated rings. The number of halogens is 1. The first-order valence-corrected chi connectivity index (χ1v) is 9.06. The van der Waals surface area contributed by atoms with Gasteiger partial charge >= 0.3 is 5.82 Å². The highest BCUT2D eigenvalue weighted by molar-refractivity contribution is 7.16. The molecular formula is C17H21ClN5S+. The number of thiophene rings is 1. The molecule has 5 nitrogen and oxygen atoms in total. The fraction of sp³-hybridized carbons (Fsp3) is 0.353. The Bertz CT molecular complexity index is 839. The molecule has 0 radical (unpaired) electrons. The van der Waals surface area contributed by atoms with Gasteiger partial charge in [0.2, 0.25) is 0 Å². The Morgan fingerprint density at radius 2 is 2.08 bits per heavy atom. The van der Waals surface area contributed by atoms with Gasteiger partial charge in [-0.1, -0.05) is 41.9 Å². The molecule has 0 bridgehead atoms. The summed E-state index contributed by atoms with van der Waals surface area (Å²) in [6.07, 6.45) is 0.944. The van der Waals surface area contributed by atoms with Crippen molar-refractivity contribution >= 4 is 22.9 Å². The average Bonchev–Trinajstić information content (AvgIpc) is 3.17. The monoisotopic (exact) mass is 362 g/mol. The lowest BCUT2D eigenvalue weighted by molar-refractivity contribution is -0.670. The second kappa shape index (κ2) is 7.01. The molecule has 2 aromatic heterocycles. The van der Waals surface area contributed by atoms with Crippen LogP contribution in [0.25, 0.3) is 5.69 Å². The lowest BCUT2D eigenvalue weighted by Gasteiger charge is -2.19. The third kappa shape index (κ3) is 3.09. The number of benzene rings is 1. The predicted octanol–water partition coefficient (Wildman–Crippen LogP) is 3.32. The number of H-pyrrole nitrogens is 1. The van der Waals surface area contributed by atoms with E-state index in [4.69, 9.17) is 11.6 Å². The summed E-state index contributed by atoms with van der Waals surface area (Å²) in [5.41, 5.74) is 3.57. The van der Waals surface area contributed by atoms with E-state index in [1.165, 1.54) is 11.1 Å². The van der Waals surface area contributed by atoms with E-state index in [1.54, 1.807) is 11.3 Å². The number of aromatic nitrogens is 4. The number of hydrogen-bond donors (Lipinski definition) is 1. The molecule has 1 atom stereocenters. The molecule has 0 aliphatic heterocycles. The van der Waals surface area contributed by atoms with Crippen LogP contribution in [-0.2, 0) is 6.42 Å². The Hall–Kier alpha value is -1.76. The van der Waals surface area contributed by atoms with Gasteiger partial charge in [-0.15, -0.1) is 16.0 Å². The Labute approximate surface area is 150 Å². The van der Waals surface area contributed by atoms with Crippen molar-refractivity contribution < 1.29 is 4.68 Å². The van der Waals surface area contributed by atoms with Gasteiger partial charge in [-0.05, 0) is 50.7 Å². The zero-order valence-corrected chi connectivity index (χ0v) is 15.8. The number of rotatable bonds is 5. The number of tetrazole rings is 1. The maximum atomic E-state index is 6.15. The number of hydrogen-bond acceptors (Lipinski definition) is 4. The van der Waals surface area contributed by atoms with Crippen molar-refractivity contribution in [3.8, 4) is 5.69 Å². The van der Waals surface area contributed by atoms with Crippen LogP contribution >= 0.6 is 22.9 Å². The second-order valence-electron chi connectivity index (χ2n) is 5.94. The van der Waals surface area contributed by atoms with Crippen molar-refractivity contribution in [2.45, 2.75) is 26.3 Å². The van der Waals surface area contributed by atoms with Gasteiger partial charge in [-0.25, -0.2) is 0 Å². The lowest BCUT2D eigenvalue weighted by atomic mass is 10.1. The summed E-state index contributed by atoms with van der Waals surface area (Å²) in [5, 5.41) is 11.5. The lowest BCUT2D eigenvalue weighted by Crippen LogP contribution is -2.43. The maximum absolute atomic E-state index is 6.15. The first kappa shape index (κ1) is 17.1. The van der Waals surface area contributed by atoms with Gasteiger partial charge < -0.3 is 0 Å². The van der Waals surface area contributed by atoms with Crippen LogP contribution in [0, 0.1) is 6.92 Å². The minimum absolute atomic E-state index is 0.0226. The highest BCUT2D eigenvalue weighted by Crippen LogP contribution is 2.32. The van der Waals surface area contributed by atoms with Gasteiger partial charge in [0.1, 0.15) is 16.8 Å². The Kier molecular flexibility index (Phi) is 4.99. The van der Waals surface area contributed by atoms with Crippen LogP contribution in [0.1, 0.15) is 34.8 Å². The summed E-state index contributed by atoms with van der Waals surface area (Å²) in [4.78, 5) is 3.26. The molecule has 126 valence electrons. The van der Waals surface area contributed by atoms with Gasteiger partial charge in [0.15, 0.2) is 5.21 Å². The molecular weight excluding hydrogens is 342 g/mol. The zero-order chi connectivity index (χ0) is 17.3. The second-order valence-corrected chi connectivity index (χ2v) is 7.68. The van der Waals surface area contributed by atoms with E-state index in [0.717, 1.165) is 27.1 Å². The van der Waals surface area contributed by atoms with Crippen LogP contribution < -0.4 is 4.68 Å². The first-order valence-electron chi connectivity index (χ1n) is 7.86. The first-order chi connectivity index (χ1) is 11.5. The highest BCUT2D eigenvalue weighted by Gasteiger charge is 2.32. The molecule has 24 heavy (non-hydrogen) atoms. The van der Waals surface area contributed by atoms with E-state index in [1.807, 2.05) is 24.8 Å². The molecule has 3 aromatic rings. The van der Waals surface area contributed by atoms with Crippen molar-refractivity contribution in [2.75, 3.05) is 14.1 Å². The fourth-order valence-electron chi connectivity index (χ4n) is 2.97. The molecule has 1 unspecified atom stereocenters. The molecule has 3 rings (SSSR count). The Morgan fingerprint density at radius 3 is 2.71 bits per heavy atom. The van der Waals surface area contributed by atoms with E-state index < -0.39 is 0 Å². The van der Waals surface area contributed by atoms with Crippen molar-refractivity contribution in [3.05, 3.63) is 56.5 Å². The third-order valence-corrected chi connectivity index (χ3v) is 5.36. The average molecular weight is 363 g/mol. The van der Waals surface area contributed by atoms with Crippen LogP contribution in [0.5, 0.6) is 0 Å². The number of nitrogens with one attached hydrogen (secondary N) is 1. The van der Waals surface area contributed by atoms with E-state index in [-0.39, 0.29) is 6.04 Å². The number of nitrogens with zero attached hydrogens (tertiary/aromatic N) is 4. The standard InChI is InChI=1S/C17H20ClN5S/c1-5-12-8-6-7-11(2)15(12)23-17(19-20-21-23)16(22(3)4)13-9-10-14(18)24-13/h6-10,16H,5H2,1-4H3/p+1. The van der Waals surface area contributed by atoms with Gasteiger partial charge in [0, 0.05) is 4.88 Å². The quantitative estimate of drug-likeness (QED) is 0.708. The number of aryl methyl sites for hydroxylation is 2. The van der Waals surface area contributed by atoms with E-state index >= 15 is 0 Å². The fourth-order valence-corrected chi connectivity index (χ4v) is 4.22. The van der Waals surface area contributed by atoms with Crippen molar-refractivity contribution in [2.24, 2.45) is 0 Å². The number of aromatic amines is 1. The predicted molar refractivity (Wildman–Crippen MR) is 96.9 cm³/mol. The summed E-state index contributed by atoms with van der Waals surface area (Å²) in [6, 6.07) is 10.3. The molecule has 0 aliphatic carbocycles. The van der Waals surface area contributed by atoms with Gasteiger partial charge in [-0.2, -0.15) is 0 Å². The third-order valence-electron chi connectivity index (χ3n) is 4.08. The molecule has 0 spiro atoms. The van der Waals surface area contributed by atoms with Crippen molar-refractivity contribution in [1.29, 1.82) is 0 Å². The minimum atomic E-state index is -0.0226. The molecule has 0 saturated heterocycles. The van der Waals surface area contributed by atoms with Gasteiger partial charge in [0.05, 0.1) is 4.34 Å². The number of para-hydroxylation sites is 1. The molecule has 0 amide bonds. The van der Waals surface area contributed by atoms with Gasteiger partial charge in [-0.3, -0.25) is 4.90 Å². The Morgan fingerprint density at radius 1 is 1.29 bits per heavy atom. The van der Waals surface area contributed by atoms with E-state index in [2.05, 4.69) is 58.5 Å². The van der Waals surface area contributed by atoms with Crippen LogP contribution in [-0.4, -0.2) is 34.5 Å². The zero-order valence-electron chi connectivity index (χ0n) is 14.2. The molecule has 1 aromatic carbocycles. The normalized spacial score (nSPS) is 12.8. The van der Waals surface area contributed by atoms with Crippen molar-refractivity contribution in [1.82, 2.24) is 20.4 Å². The van der Waals surface area contributed by atoms with Crippen LogP contribution in [0.4, 0.5) is 0 Å². The summed E-state index contributed by atoms with van der Waals surface area (Å²) in [7, 11) is 4.08. The van der Waals surface area contributed by atoms with Crippen LogP contribution in [0.15, 0.2) is 30.3 Å². The molecule has 1 N–H and O–H groups in total. The molecule has 0 saturated carbocycles. The summed E-state index contributed by atoms with van der Waals surface area (Å²) in [5.74, 6) is 0.850. The van der Waals surface area contributed by atoms with E-state index in [9.17, 15) is 0 Å². The molecule has 2 heterocycles. The Balaban J connectivity index is 2.17. The largest absolute Gasteiger partial charge is 0.328 e. The van der Waals surface area contributed by atoms with Gasteiger partial charge in [0.25, 0.3) is 0 Å². The molecule has 7 heteroatoms. The smallest absolute Gasteiger partial charge is 0.293 e. The maximum Gasteiger partial charge on any atom is 0.328 e. The SMILES string of the molecule is CCc1cccc(C)c1-[n+]1[nH]nnc1C(c1ccc(Cl)s1)N(C)C. The molecule has 0 aliphatic rings. The van der Waals surface area contributed by atoms with Crippen molar-refractivity contribution in [3.63, 3.8) is 0 Å². The minimum Gasteiger partial charge on any atom is -0.293 e. The highest BCUT2D eigenvalue weighted by atomic mass is 35.5. The topological polar surface area (TPSA) is 48.7 Å². The van der Waals surface area contributed by atoms with Crippen LogP contribution in [0.2, 0.25) is 4.34 Å². The van der Waals surface area contributed by atoms with Crippen LogP contribution in [0.3, 0.4) is 0 Å². The summed E-state index contributed by atoms with van der Waals surface area (Å²) < 4.78 is 2.77. The summed E-state index contributed by atoms with van der Waals surface area (Å²) >= 11 is 7.72. The summed E-state index contributed by atoms with van der Waals surface area (Å²) in [6.45, 7) is 4.27.